The normalized spacial score (nSPS) is 16.0. The van der Waals surface area contributed by atoms with Gasteiger partial charge in [0.15, 0.2) is 11.5 Å². The number of amides is 1. The van der Waals surface area contributed by atoms with Crippen molar-refractivity contribution in [3.63, 3.8) is 0 Å². The quantitative estimate of drug-likeness (QED) is 0.541. The molecule has 2 rings (SSSR count). The summed E-state index contributed by atoms with van der Waals surface area (Å²) >= 11 is 6.53. The van der Waals surface area contributed by atoms with Crippen LogP contribution in [-0.4, -0.2) is 56.7 Å². The number of rotatable bonds is 7. The Morgan fingerprint density at radius 3 is 2.25 bits per heavy atom. The number of hydrogen-bond acceptors (Lipinski definition) is 7. The standard InChI is InChI=1S/C16H19NO5S2/c1-19-6-5-17-15(18)13(24-16(17)23)9-10-7-11(20-2)14(22-4)12(8-10)21-3/h7-9H,5-6H2,1-4H3/b13-9-. The first-order valence-corrected chi connectivity index (χ1v) is 8.32. The Balaban J connectivity index is 2.34. The second-order valence-corrected chi connectivity index (χ2v) is 6.46. The van der Waals surface area contributed by atoms with E-state index in [-0.39, 0.29) is 5.91 Å². The smallest absolute Gasteiger partial charge is 0.266 e. The van der Waals surface area contributed by atoms with Crippen molar-refractivity contribution in [3.05, 3.63) is 22.6 Å². The maximum Gasteiger partial charge on any atom is 0.266 e. The molecule has 0 atom stereocenters. The zero-order valence-corrected chi connectivity index (χ0v) is 15.6. The van der Waals surface area contributed by atoms with Crippen LogP contribution >= 0.6 is 24.0 Å². The number of benzene rings is 1. The molecule has 1 aromatic rings. The van der Waals surface area contributed by atoms with Crippen molar-refractivity contribution in [3.8, 4) is 17.2 Å². The molecule has 1 saturated heterocycles. The fourth-order valence-corrected chi connectivity index (χ4v) is 3.52. The van der Waals surface area contributed by atoms with Gasteiger partial charge in [-0.3, -0.25) is 9.69 Å². The van der Waals surface area contributed by atoms with Gasteiger partial charge < -0.3 is 18.9 Å². The van der Waals surface area contributed by atoms with Crippen LogP contribution < -0.4 is 14.2 Å². The van der Waals surface area contributed by atoms with Crippen LogP contribution in [0, 0.1) is 0 Å². The third kappa shape index (κ3) is 3.82. The number of thioether (sulfide) groups is 1. The lowest BCUT2D eigenvalue weighted by Gasteiger charge is -2.13. The molecule has 0 unspecified atom stereocenters. The van der Waals surface area contributed by atoms with Gasteiger partial charge in [-0.05, 0) is 23.8 Å². The second kappa shape index (κ2) is 8.36. The van der Waals surface area contributed by atoms with Crippen molar-refractivity contribution in [2.24, 2.45) is 0 Å². The summed E-state index contributed by atoms with van der Waals surface area (Å²) in [5, 5.41) is 0. The van der Waals surface area contributed by atoms with E-state index >= 15 is 0 Å². The fourth-order valence-electron chi connectivity index (χ4n) is 2.21. The molecule has 1 aliphatic heterocycles. The zero-order chi connectivity index (χ0) is 17.7. The first-order chi connectivity index (χ1) is 11.5. The Bertz CT molecular complexity index is 649. The Labute approximate surface area is 150 Å². The maximum absolute atomic E-state index is 12.5. The molecule has 1 aliphatic rings. The predicted molar refractivity (Wildman–Crippen MR) is 97.9 cm³/mol. The first kappa shape index (κ1) is 18.6. The molecule has 1 amide bonds. The largest absolute Gasteiger partial charge is 0.493 e. The van der Waals surface area contributed by atoms with E-state index in [1.165, 1.54) is 16.7 Å². The van der Waals surface area contributed by atoms with Crippen molar-refractivity contribution < 1.29 is 23.7 Å². The van der Waals surface area contributed by atoms with E-state index in [4.69, 9.17) is 31.2 Å². The summed E-state index contributed by atoms with van der Waals surface area (Å²) in [4.78, 5) is 14.5. The first-order valence-electron chi connectivity index (χ1n) is 7.10. The molecular weight excluding hydrogens is 350 g/mol. The van der Waals surface area contributed by atoms with Gasteiger partial charge in [-0.1, -0.05) is 24.0 Å². The molecule has 1 aromatic carbocycles. The van der Waals surface area contributed by atoms with Crippen molar-refractivity contribution in [1.29, 1.82) is 0 Å². The molecule has 24 heavy (non-hydrogen) atoms. The van der Waals surface area contributed by atoms with Crippen LogP contribution in [0.1, 0.15) is 5.56 Å². The van der Waals surface area contributed by atoms with Crippen molar-refractivity contribution in [1.82, 2.24) is 4.90 Å². The van der Waals surface area contributed by atoms with Gasteiger partial charge in [0.05, 0.1) is 39.4 Å². The van der Waals surface area contributed by atoms with E-state index in [9.17, 15) is 4.79 Å². The number of thiocarbonyl (C=S) groups is 1. The van der Waals surface area contributed by atoms with Crippen LogP contribution in [-0.2, 0) is 9.53 Å². The highest BCUT2D eigenvalue weighted by atomic mass is 32.2. The van der Waals surface area contributed by atoms with Gasteiger partial charge in [0.1, 0.15) is 4.32 Å². The summed E-state index contributed by atoms with van der Waals surface area (Å²) in [7, 11) is 6.22. The Hall–Kier alpha value is -1.77. The highest BCUT2D eigenvalue weighted by Crippen LogP contribution is 2.40. The topological polar surface area (TPSA) is 57.2 Å². The molecule has 0 aromatic heterocycles. The maximum atomic E-state index is 12.5. The highest BCUT2D eigenvalue weighted by Gasteiger charge is 2.31. The minimum Gasteiger partial charge on any atom is -0.493 e. The molecular formula is C16H19NO5S2. The Kier molecular flexibility index (Phi) is 6.47. The Morgan fingerprint density at radius 1 is 1.12 bits per heavy atom. The lowest BCUT2D eigenvalue weighted by atomic mass is 10.1. The van der Waals surface area contributed by atoms with Gasteiger partial charge >= 0.3 is 0 Å². The van der Waals surface area contributed by atoms with Crippen molar-refractivity contribution in [2.45, 2.75) is 0 Å². The number of carbonyl (C=O) groups is 1. The number of methoxy groups -OCH3 is 4. The molecule has 1 heterocycles. The molecule has 0 bridgehead atoms. The van der Waals surface area contributed by atoms with Crippen LogP contribution in [0.5, 0.6) is 17.2 Å². The van der Waals surface area contributed by atoms with Gasteiger partial charge in [0.2, 0.25) is 5.75 Å². The minimum absolute atomic E-state index is 0.129. The average Bonchev–Trinajstić information content (AvgIpc) is 2.85. The molecule has 6 nitrogen and oxygen atoms in total. The number of hydrogen-bond donors (Lipinski definition) is 0. The van der Waals surface area contributed by atoms with E-state index in [0.29, 0.717) is 39.6 Å². The van der Waals surface area contributed by atoms with Crippen LogP contribution in [0.3, 0.4) is 0 Å². The van der Waals surface area contributed by atoms with Gasteiger partial charge in [-0.15, -0.1) is 0 Å². The number of carbonyl (C=O) groups excluding carboxylic acids is 1. The summed E-state index contributed by atoms with van der Waals surface area (Å²) < 4.78 is 21.5. The van der Waals surface area contributed by atoms with Gasteiger partial charge in [-0.2, -0.15) is 0 Å². The third-order valence-corrected chi connectivity index (χ3v) is 4.76. The molecule has 0 saturated carbocycles. The summed E-state index contributed by atoms with van der Waals surface area (Å²) in [5.41, 5.74) is 0.761. The SMILES string of the molecule is COCCN1C(=O)/C(=C/c2cc(OC)c(OC)c(OC)c2)SC1=S. The number of ether oxygens (including phenoxy) is 4. The van der Waals surface area contributed by atoms with E-state index in [2.05, 4.69) is 0 Å². The van der Waals surface area contributed by atoms with Crippen molar-refractivity contribution >= 4 is 40.3 Å². The monoisotopic (exact) mass is 369 g/mol. The average molecular weight is 369 g/mol. The highest BCUT2D eigenvalue weighted by molar-refractivity contribution is 8.26. The van der Waals surface area contributed by atoms with E-state index in [0.717, 1.165) is 5.56 Å². The third-order valence-electron chi connectivity index (χ3n) is 3.38. The summed E-state index contributed by atoms with van der Waals surface area (Å²) in [5.74, 6) is 1.43. The minimum atomic E-state index is -0.129. The number of nitrogens with zero attached hydrogens (tertiary/aromatic N) is 1. The van der Waals surface area contributed by atoms with Gasteiger partial charge in [-0.25, -0.2) is 0 Å². The van der Waals surface area contributed by atoms with E-state index in [1.807, 2.05) is 0 Å². The van der Waals surface area contributed by atoms with Crippen LogP contribution in [0.2, 0.25) is 0 Å². The van der Waals surface area contributed by atoms with Gasteiger partial charge in [0.25, 0.3) is 5.91 Å². The summed E-state index contributed by atoms with van der Waals surface area (Å²) in [6.07, 6.45) is 1.76. The fraction of sp³-hybridized carbons (Fsp3) is 0.375. The molecule has 1 fully saturated rings. The van der Waals surface area contributed by atoms with Crippen molar-refractivity contribution in [2.75, 3.05) is 41.6 Å². The molecule has 0 spiro atoms. The zero-order valence-electron chi connectivity index (χ0n) is 14.0. The second-order valence-electron chi connectivity index (χ2n) is 4.78. The molecule has 0 aliphatic carbocycles. The molecule has 8 heteroatoms. The van der Waals surface area contributed by atoms with E-state index < -0.39 is 0 Å². The Morgan fingerprint density at radius 2 is 1.75 bits per heavy atom. The lowest BCUT2D eigenvalue weighted by Crippen LogP contribution is -2.31. The molecule has 0 N–H and O–H groups in total. The van der Waals surface area contributed by atoms with Crippen LogP contribution in [0.15, 0.2) is 17.0 Å². The summed E-state index contributed by atoms with van der Waals surface area (Å²) in [6, 6.07) is 3.56. The lowest BCUT2D eigenvalue weighted by molar-refractivity contribution is -0.122. The van der Waals surface area contributed by atoms with Crippen LogP contribution in [0.25, 0.3) is 6.08 Å². The van der Waals surface area contributed by atoms with E-state index in [1.54, 1.807) is 46.6 Å². The van der Waals surface area contributed by atoms with Crippen LogP contribution in [0.4, 0.5) is 0 Å². The summed E-state index contributed by atoms with van der Waals surface area (Å²) in [6.45, 7) is 0.873. The van der Waals surface area contributed by atoms with Gasteiger partial charge in [0, 0.05) is 7.11 Å². The molecule has 130 valence electrons. The molecule has 0 radical (unpaired) electrons. The predicted octanol–water partition coefficient (Wildman–Crippen LogP) is 2.56.